The van der Waals surface area contributed by atoms with Crippen LogP contribution in [-0.4, -0.2) is 29.3 Å². The number of nitro groups is 1. The summed E-state index contributed by atoms with van der Waals surface area (Å²) in [4.78, 5) is 36.3. The van der Waals surface area contributed by atoms with Crippen LogP contribution in [0.4, 0.5) is 11.4 Å². The summed E-state index contributed by atoms with van der Waals surface area (Å²) in [6.07, 6.45) is 0.229. The monoisotopic (exact) mass is 339 g/mol. The summed E-state index contributed by atoms with van der Waals surface area (Å²) in [5.41, 5.74) is 2.17. The van der Waals surface area contributed by atoms with E-state index < -0.39 is 4.92 Å². The van der Waals surface area contributed by atoms with Gasteiger partial charge in [0.05, 0.1) is 11.0 Å². The molecule has 0 unspecified atom stereocenters. The van der Waals surface area contributed by atoms with Crippen molar-refractivity contribution >= 4 is 23.2 Å². The minimum atomic E-state index is -0.517. The van der Waals surface area contributed by atoms with Gasteiger partial charge in [-0.1, -0.05) is 17.7 Å². The van der Waals surface area contributed by atoms with Crippen LogP contribution in [0.2, 0.25) is 0 Å². The van der Waals surface area contributed by atoms with Crippen molar-refractivity contribution in [1.82, 2.24) is 5.32 Å². The van der Waals surface area contributed by atoms with Gasteiger partial charge in [-0.05, 0) is 31.2 Å². The molecular formula is C18H17N3O4. The van der Waals surface area contributed by atoms with Crippen LogP contribution >= 0.6 is 0 Å². The second kappa shape index (κ2) is 6.72. The number of hydrogen-bond acceptors (Lipinski definition) is 4. The predicted molar refractivity (Wildman–Crippen MR) is 92.5 cm³/mol. The molecule has 1 N–H and O–H groups in total. The highest BCUT2D eigenvalue weighted by Crippen LogP contribution is 2.22. The fourth-order valence-corrected chi connectivity index (χ4v) is 2.78. The first kappa shape index (κ1) is 16.6. The molecule has 1 fully saturated rings. The van der Waals surface area contributed by atoms with E-state index in [0.29, 0.717) is 12.1 Å². The third kappa shape index (κ3) is 3.65. The molecule has 2 aromatic carbocycles. The van der Waals surface area contributed by atoms with Gasteiger partial charge in [-0.25, -0.2) is 0 Å². The van der Waals surface area contributed by atoms with E-state index in [1.165, 1.54) is 24.3 Å². The number of hydrogen-bond donors (Lipinski definition) is 1. The quantitative estimate of drug-likeness (QED) is 0.684. The second-order valence-electron chi connectivity index (χ2n) is 6.02. The van der Waals surface area contributed by atoms with E-state index >= 15 is 0 Å². The van der Waals surface area contributed by atoms with Crippen molar-refractivity contribution < 1.29 is 14.5 Å². The Balaban J connectivity index is 1.65. The molecule has 1 aliphatic rings. The lowest BCUT2D eigenvalue weighted by Crippen LogP contribution is -2.37. The van der Waals surface area contributed by atoms with Crippen molar-refractivity contribution in [2.24, 2.45) is 0 Å². The number of nitrogens with one attached hydrogen (secondary N) is 1. The summed E-state index contributed by atoms with van der Waals surface area (Å²) in [5, 5.41) is 13.5. The first-order chi connectivity index (χ1) is 11.9. The number of carbonyl (C=O) groups excluding carboxylic acids is 2. The third-order valence-corrected chi connectivity index (χ3v) is 4.15. The molecule has 3 rings (SSSR count). The topological polar surface area (TPSA) is 92.6 Å². The van der Waals surface area contributed by atoms with Gasteiger partial charge >= 0.3 is 0 Å². The van der Waals surface area contributed by atoms with E-state index in [1.54, 1.807) is 4.90 Å². The Hall–Kier alpha value is -3.22. The van der Waals surface area contributed by atoms with E-state index in [0.717, 1.165) is 11.3 Å². The van der Waals surface area contributed by atoms with Crippen molar-refractivity contribution in [3.05, 3.63) is 69.8 Å². The first-order valence-electron chi connectivity index (χ1n) is 7.86. The van der Waals surface area contributed by atoms with E-state index in [1.807, 2.05) is 31.2 Å². The highest BCUT2D eigenvalue weighted by Gasteiger charge is 2.31. The average molecular weight is 339 g/mol. The van der Waals surface area contributed by atoms with Crippen LogP contribution in [0, 0.1) is 17.0 Å². The lowest BCUT2D eigenvalue weighted by molar-refractivity contribution is -0.384. The van der Waals surface area contributed by atoms with Crippen LogP contribution in [0.25, 0.3) is 0 Å². The summed E-state index contributed by atoms with van der Waals surface area (Å²) in [5.74, 6) is -0.392. The summed E-state index contributed by atoms with van der Waals surface area (Å²) >= 11 is 0. The molecule has 0 spiro atoms. The van der Waals surface area contributed by atoms with Crippen LogP contribution in [-0.2, 0) is 4.79 Å². The maximum Gasteiger partial charge on any atom is 0.269 e. The molecule has 128 valence electrons. The largest absolute Gasteiger partial charge is 0.347 e. The third-order valence-electron chi connectivity index (χ3n) is 4.15. The predicted octanol–water partition coefficient (Wildman–Crippen LogP) is 2.44. The Morgan fingerprint density at radius 1 is 1.16 bits per heavy atom. The molecule has 0 aliphatic carbocycles. The van der Waals surface area contributed by atoms with Gasteiger partial charge in [-0.3, -0.25) is 19.7 Å². The van der Waals surface area contributed by atoms with Gasteiger partial charge in [0, 0.05) is 36.3 Å². The van der Waals surface area contributed by atoms with Gasteiger partial charge in [-0.2, -0.15) is 0 Å². The van der Waals surface area contributed by atoms with E-state index in [2.05, 4.69) is 5.32 Å². The van der Waals surface area contributed by atoms with Crippen LogP contribution in [0.5, 0.6) is 0 Å². The summed E-state index contributed by atoms with van der Waals surface area (Å²) < 4.78 is 0. The summed E-state index contributed by atoms with van der Waals surface area (Å²) in [6.45, 7) is 2.38. The molecule has 0 saturated carbocycles. The van der Waals surface area contributed by atoms with Gasteiger partial charge in [0.25, 0.3) is 11.6 Å². The van der Waals surface area contributed by atoms with Crippen molar-refractivity contribution in [3.8, 4) is 0 Å². The Morgan fingerprint density at radius 2 is 1.80 bits per heavy atom. The second-order valence-corrected chi connectivity index (χ2v) is 6.02. The van der Waals surface area contributed by atoms with Crippen molar-refractivity contribution in [1.29, 1.82) is 0 Å². The van der Waals surface area contributed by atoms with Crippen LogP contribution in [0.3, 0.4) is 0 Å². The number of aryl methyl sites for hydroxylation is 1. The van der Waals surface area contributed by atoms with E-state index in [-0.39, 0.29) is 30.0 Å². The zero-order valence-corrected chi connectivity index (χ0v) is 13.6. The van der Waals surface area contributed by atoms with Crippen LogP contribution in [0.15, 0.2) is 48.5 Å². The number of nitrogens with zero attached hydrogens (tertiary/aromatic N) is 2. The molecule has 1 aliphatic heterocycles. The van der Waals surface area contributed by atoms with Crippen LogP contribution < -0.4 is 10.2 Å². The number of benzene rings is 2. The van der Waals surface area contributed by atoms with Gasteiger partial charge in [0.1, 0.15) is 0 Å². The minimum absolute atomic E-state index is 0.0437. The minimum Gasteiger partial charge on any atom is -0.347 e. The molecular weight excluding hydrogens is 322 g/mol. The molecule has 2 amide bonds. The highest BCUT2D eigenvalue weighted by atomic mass is 16.6. The Labute approximate surface area is 144 Å². The van der Waals surface area contributed by atoms with Gasteiger partial charge < -0.3 is 10.2 Å². The van der Waals surface area contributed by atoms with Gasteiger partial charge in [0.15, 0.2) is 0 Å². The lowest BCUT2D eigenvalue weighted by atomic mass is 10.1. The number of non-ortho nitro benzene ring substituents is 1. The molecule has 7 heteroatoms. The fourth-order valence-electron chi connectivity index (χ4n) is 2.78. The number of carbonyl (C=O) groups is 2. The van der Waals surface area contributed by atoms with E-state index in [4.69, 9.17) is 0 Å². The molecule has 7 nitrogen and oxygen atoms in total. The number of rotatable bonds is 4. The van der Waals surface area contributed by atoms with Crippen molar-refractivity contribution in [2.75, 3.05) is 11.4 Å². The number of nitro benzene ring substituents is 1. The molecule has 1 heterocycles. The molecule has 0 radical (unpaired) electrons. The standard InChI is InChI=1S/C18H17N3O4/c1-12-2-6-15(7-3-12)20-11-14(10-17(20)22)19-18(23)13-4-8-16(9-5-13)21(24)25/h2-9,14H,10-11H2,1H3,(H,19,23)/t14-/m1/s1. The Bertz CT molecular complexity index is 815. The lowest BCUT2D eigenvalue weighted by Gasteiger charge is -2.17. The number of anilines is 1. The Kier molecular flexibility index (Phi) is 4.47. The molecule has 25 heavy (non-hydrogen) atoms. The zero-order valence-electron chi connectivity index (χ0n) is 13.6. The maximum absolute atomic E-state index is 12.3. The Morgan fingerprint density at radius 3 is 2.40 bits per heavy atom. The van der Waals surface area contributed by atoms with Crippen LogP contribution in [0.1, 0.15) is 22.3 Å². The SMILES string of the molecule is Cc1ccc(N2C[C@H](NC(=O)c3ccc([N+](=O)[O-])cc3)CC2=O)cc1. The maximum atomic E-state index is 12.3. The molecule has 1 atom stereocenters. The fraction of sp³-hybridized carbons (Fsp3) is 0.222. The van der Waals surface area contributed by atoms with Gasteiger partial charge in [-0.15, -0.1) is 0 Å². The first-order valence-corrected chi connectivity index (χ1v) is 7.86. The zero-order chi connectivity index (χ0) is 18.0. The van der Waals surface area contributed by atoms with Crippen molar-refractivity contribution in [3.63, 3.8) is 0 Å². The molecule has 1 saturated heterocycles. The van der Waals surface area contributed by atoms with E-state index in [9.17, 15) is 19.7 Å². The molecule has 2 aromatic rings. The molecule has 0 bridgehead atoms. The highest BCUT2D eigenvalue weighted by molar-refractivity contribution is 5.99. The summed E-state index contributed by atoms with van der Waals surface area (Å²) in [6, 6.07) is 12.7. The average Bonchev–Trinajstić information content (AvgIpc) is 2.96. The normalized spacial score (nSPS) is 16.8. The summed E-state index contributed by atoms with van der Waals surface area (Å²) in [7, 11) is 0. The number of amides is 2. The molecule has 0 aromatic heterocycles. The van der Waals surface area contributed by atoms with Crippen molar-refractivity contribution in [2.45, 2.75) is 19.4 Å². The smallest absolute Gasteiger partial charge is 0.269 e. The van der Waals surface area contributed by atoms with Gasteiger partial charge in [0.2, 0.25) is 5.91 Å².